The van der Waals surface area contributed by atoms with Gasteiger partial charge in [-0.15, -0.1) is 11.3 Å². The molecule has 0 saturated carbocycles. The van der Waals surface area contributed by atoms with Gasteiger partial charge >= 0.3 is 0 Å². The summed E-state index contributed by atoms with van der Waals surface area (Å²) in [7, 11) is 1.54. The zero-order valence-electron chi connectivity index (χ0n) is 16.0. The van der Waals surface area contributed by atoms with Crippen LogP contribution in [0.3, 0.4) is 0 Å². The van der Waals surface area contributed by atoms with E-state index >= 15 is 0 Å². The molecule has 1 aromatic carbocycles. The molecule has 1 aliphatic carbocycles. The summed E-state index contributed by atoms with van der Waals surface area (Å²) < 4.78 is 6.96. The quantitative estimate of drug-likeness (QED) is 0.472. The van der Waals surface area contributed by atoms with Crippen LogP contribution in [-0.4, -0.2) is 28.3 Å². The second kappa shape index (κ2) is 8.01. The normalized spacial score (nSPS) is 16.0. The van der Waals surface area contributed by atoms with Gasteiger partial charge in [0, 0.05) is 9.90 Å². The molecule has 2 N–H and O–H groups in total. The van der Waals surface area contributed by atoms with Gasteiger partial charge in [0.15, 0.2) is 5.16 Å². The Hall–Kier alpha value is -2.03. The molecule has 0 spiro atoms. The molecule has 4 rings (SSSR count). The monoisotopic (exact) mass is 449 g/mol. The highest BCUT2D eigenvalue weighted by Gasteiger charge is 2.26. The first-order chi connectivity index (χ1) is 13.9. The summed E-state index contributed by atoms with van der Waals surface area (Å²) in [5.74, 6) is 0.627. The van der Waals surface area contributed by atoms with E-state index < -0.39 is 5.91 Å². The Kier molecular flexibility index (Phi) is 5.59. The van der Waals surface area contributed by atoms with Gasteiger partial charge in [-0.2, -0.15) is 0 Å². The lowest BCUT2D eigenvalue weighted by atomic mass is 9.89. The predicted octanol–water partition coefficient (Wildman–Crippen LogP) is 3.81. The molecule has 1 atom stereocenters. The largest absolute Gasteiger partial charge is 0.495 e. The van der Waals surface area contributed by atoms with Gasteiger partial charge in [0.05, 0.1) is 23.9 Å². The first kappa shape index (κ1) is 20.3. The van der Waals surface area contributed by atoms with E-state index in [1.165, 1.54) is 16.6 Å². The van der Waals surface area contributed by atoms with Crippen LogP contribution in [0.2, 0.25) is 5.02 Å². The van der Waals surface area contributed by atoms with Gasteiger partial charge in [-0.05, 0) is 48.9 Å². The molecule has 152 valence electrons. The van der Waals surface area contributed by atoms with Gasteiger partial charge in [0.1, 0.15) is 10.6 Å². The molecule has 29 heavy (non-hydrogen) atoms. The smallest absolute Gasteiger partial charge is 0.267 e. The standard InChI is InChI=1S/C20H20ClN3O3S2/c1-10-3-5-12-15(7-10)29-18-17(12)19(26)24(20(23-18)28-9-16(22)25)13-8-11(21)4-6-14(13)27-2/h4,6,8,10H,3,5,7,9H2,1-2H3,(H2,22,25)/t10-/m1/s1. The number of aryl methyl sites for hydroxylation is 1. The number of primary amides is 1. The highest BCUT2D eigenvalue weighted by atomic mass is 35.5. The van der Waals surface area contributed by atoms with Crippen molar-refractivity contribution in [3.63, 3.8) is 0 Å². The summed E-state index contributed by atoms with van der Waals surface area (Å²) in [4.78, 5) is 31.8. The number of thiophene rings is 1. The van der Waals surface area contributed by atoms with Crippen LogP contribution in [-0.2, 0) is 17.6 Å². The molecule has 0 aliphatic heterocycles. The maximum absolute atomic E-state index is 13.7. The van der Waals surface area contributed by atoms with Crippen molar-refractivity contribution < 1.29 is 9.53 Å². The van der Waals surface area contributed by atoms with E-state index in [2.05, 4.69) is 6.92 Å². The molecule has 1 amide bonds. The van der Waals surface area contributed by atoms with Gasteiger partial charge in [-0.3, -0.25) is 14.2 Å². The average Bonchev–Trinajstić information content (AvgIpc) is 3.03. The first-order valence-corrected chi connectivity index (χ1v) is 11.4. The molecule has 0 bridgehead atoms. The Morgan fingerprint density at radius 2 is 2.28 bits per heavy atom. The molecule has 9 heteroatoms. The topological polar surface area (TPSA) is 87.2 Å². The third kappa shape index (κ3) is 3.76. The minimum atomic E-state index is -0.478. The summed E-state index contributed by atoms with van der Waals surface area (Å²) in [5, 5.41) is 1.52. The number of hydrogen-bond donors (Lipinski definition) is 1. The van der Waals surface area contributed by atoms with Gasteiger partial charge in [0.2, 0.25) is 5.91 Å². The number of carbonyl (C=O) groups excluding carboxylic acids is 1. The Balaban J connectivity index is 2.02. The number of aromatic nitrogens is 2. The minimum Gasteiger partial charge on any atom is -0.495 e. The van der Waals surface area contributed by atoms with Crippen molar-refractivity contribution in [1.82, 2.24) is 9.55 Å². The first-order valence-electron chi connectivity index (χ1n) is 9.21. The minimum absolute atomic E-state index is 0.0168. The molecule has 0 saturated heterocycles. The Labute approximate surface area is 181 Å². The summed E-state index contributed by atoms with van der Waals surface area (Å²) >= 11 is 8.92. The van der Waals surface area contributed by atoms with Crippen LogP contribution in [0.1, 0.15) is 23.8 Å². The number of ether oxygens (including phenoxy) is 1. The van der Waals surface area contributed by atoms with E-state index in [-0.39, 0.29) is 11.3 Å². The van der Waals surface area contributed by atoms with Crippen molar-refractivity contribution in [2.45, 2.75) is 31.3 Å². The Bertz CT molecular complexity index is 1170. The Morgan fingerprint density at radius 3 is 3.00 bits per heavy atom. The maximum Gasteiger partial charge on any atom is 0.267 e. The van der Waals surface area contributed by atoms with Crippen LogP contribution < -0.4 is 16.0 Å². The molecule has 0 fully saturated rings. The van der Waals surface area contributed by atoms with Gasteiger partial charge in [-0.25, -0.2) is 4.98 Å². The van der Waals surface area contributed by atoms with Crippen molar-refractivity contribution >= 4 is 50.8 Å². The molecule has 3 aromatic rings. The fraction of sp³-hybridized carbons (Fsp3) is 0.350. The lowest BCUT2D eigenvalue weighted by Gasteiger charge is -2.18. The number of nitrogens with zero attached hydrogens (tertiary/aromatic N) is 2. The predicted molar refractivity (Wildman–Crippen MR) is 118 cm³/mol. The lowest BCUT2D eigenvalue weighted by molar-refractivity contribution is -0.115. The van der Waals surface area contributed by atoms with E-state index in [0.29, 0.717) is 37.8 Å². The number of thioether (sulfide) groups is 1. The lowest BCUT2D eigenvalue weighted by Crippen LogP contribution is -2.24. The van der Waals surface area contributed by atoms with E-state index in [4.69, 9.17) is 27.1 Å². The van der Waals surface area contributed by atoms with Crippen molar-refractivity contribution in [2.24, 2.45) is 11.7 Å². The number of rotatable bonds is 5. The second-order valence-corrected chi connectivity index (χ2v) is 9.60. The highest BCUT2D eigenvalue weighted by molar-refractivity contribution is 7.99. The zero-order valence-corrected chi connectivity index (χ0v) is 18.4. The number of nitrogens with two attached hydrogens (primary N) is 1. The third-order valence-corrected chi connectivity index (χ3v) is 7.37. The van der Waals surface area contributed by atoms with Crippen LogP contribution in [0.4, 0.5) is 0 Å². The highest BCUT2D eigenvalue weighted by Crippen LogP contribution is 2.37. The number of fused-ring (bicyclic) bond motifs is 3. The van der Waals surface area contributed by atoms with Crippen LogP contribution in [0.25, 0.3) is 15.9 Å². The van der Waals surface area contributed by atoms with Gasteiger partial charge in [0.25, 0.3) is 5.56 Å². The maximum atomic E-state index is 13.7. The fourth-order valence-corrected chi connectivity index (χ4v) is 5.99. The third-order valence-electron chi connectivity index (χ3n) is 5.02. The van der Waals surface area contributed by atoms with E-state index in [1.807, 2.05) is 0 Å². The molecule has 0 unspecified atom stereocenters. The van der Waals surface area contributed by atoms with Crippen molar-refractivity contribution in [3.8, 4) is 11.4 Å². The molecule has 2 aromatic heterocycles. The number of amides is 1. The number of carbonyl (C=O) groups is 1. The van der Waals surface area contributed by atoms with Crippen molar-refractivity contribution in [2.75, 3.05) is 12.9 Å². The number of benzene rings is 1. The van der Waals surface area contributed by atoms with E-state index in [9.17, 15) is 9.59 Å². The molecular weight excluding hydrogens is 430 g/mol. The number of halogens is 1. The van der Waals surface area contributed by atoms with E-state index in [0.717, 1.165) is 36.6 Å². The summed E-state index contributed by atoms with van der Waals surface area (Å²) in [5.41, 5.74) is 6.76. The van der Waals surface area contributed by atoms with E-state index in [1.54, 1.807) is 29.5 Å². The van der Waals surface area contributed by atoms with Gasteiger partial charge in [-0.1, -0.05) is 30.3 Å². The Morgan fingerprint density at radius 1 is 1.48 bits per heavy atom. The summed E-state index contributed by atoms with van der Waals surface area (Å²) in [6.45, 7) is 2.23. The molecule has 6 nitrogen and oxygen atoms in total. The molecule has 1 aliphatic rings. The van der Waals surface area contributed by atoms with Gasteiger partial charge < -0.3 is 10.5 Å². The average molecular weight is 450 g/mol. The van der Waals surface area contributed by atoms with Crippen LogP contribution in [0, 0.1) is 5.92 Å². The fourth-order valence-electron chi connectivity index (χ4n) is 3.65. The number of methoxy groups -OCH3 is 1. The zero-order chi connectivity index (χ0) is 20.7. The second-order valence-electron chi connectivity index (χ2n) is 7.14. The van der Waals surface area contributed by atoms with Crippen molar-refractivity contribution in [3.05, 3.63) is 44.0 Å². The summed E-state index contributed by atoms with van der Waals surface area (Å²) in [6.07, 6.45) is 2.88. The summed E-state index contributed by atoms with van der Waals surface area (Å²) in [6, 6.07) is 5.08. The van der Waals surface area contributed by atoms with Crippen molar-refractivity contribution in [1.29, 1.82) is 0 Å². The molecule has 0 radical (unpaired) electrons. The SMILES string of the molecule is COc1ccc(Cl)cc1-n1c(SCC(N)=O)nc2sc3c(c2c1=O)CC[C@@H](C)C3. The van der Waals surface area contributed by atoms with Crippen LogP contribution in [0.15, 0.2) is 28.2 Å². The van der Waals surface area contributed by atoms with Crippen LogP contribution in [0.5, 0.6) is 5.75 Å². The number of hydrogen-bond acceptors (Lipinski definition) is 6. The van der Waals surface area contributed by atoms with Crippen LogP contribution >= 0.6 is 34.7 Å². The molecule has 2 heterocycles. The molecular formula is C20H20ClN3O3S2.